The summed E-state index contributed by atoms with van der Waals surface area (Å²) >= 11 is 5.84. The number of para-hydroxylation sites is 1. The first-order valence-electron chi connectivity index (χ1n) is 8.57. The van der Waals surface area contributed by atoms with Crippen LogP contribution in [-0.2, 0) is 9.53 Å². The van der Waals surface area contributed by atoms with E-state index in [0.717, 1.165) is 0 Å². The van der Waals surface area contributed by atoms with Gasteiger partial charge in [0.05, 0.1) is 11.3 Å². The van der Waals surface area contributed by atoms with Crippen LogP contribution in [0, 0.1) is 0 Å². The zero-order chi connectivity index (χ0) is 20.6. The Hall–Kier alpha value is -3.71. The highest BCUT2D eigenvalue weighted by Crippen LogP contribution is 2.19. The Balaban J connectivity index is 1.62. The smallest absolute Gasteiger partial charge is 0.357 e. The van der Waals surface area contributed by atoms with Crippen molar-refractivity contribution >= 4 is 40.8 Å². The lowest BCUT2D eigenvalue weighted by Gasteiger charge is -2.12. The lowest BCUT2D eigenvalue weighted by atomic mass is 10.1. The van der Waals surface area contributed by atoms with Crippen LogP contribution in [0.3, 0.4) is 0 Å². The molecule has 0 aliphatic heterocycles. The molecule has 2 N–H and O–H groups in total. The number of anilines is 2. The summed E-state index contributed by atoms with van der Waals surface area (Å²) in [6, 6.07) is 17.9. The fourth-order valence-corrected chi connectivity index (χ4v) is 2.52. The molecule has 1 aromatic heterocycles. The highest BCUT2D eigenvalue weighted by Gasteiger charge is 2.15. The molecule has 3 rings (SSSR count). The first-order valence-corrected chi connectivity index (χ1v) is 8.94. The number of nitrogens with one attached hydrogen (secondary N) is 2. The summed E-state index contributed by atoms with van der Waals surface area (Å²) in [5.41, 5.74) is 1.21. The quantitative estimate of drug-likeness (QED) is 0.604. The van der Waals surface area contributed by atoms with E-state index in [4.69, 9.17) is 16.3 Å². The van der Waals surface area contributed by atoms with Gasteiger partial charge < -0.3 is 15.4 Å². The maximum Gasteiger partial charge on any atom is 0.357 e. The number of carbonyl (C=O) groups excluding carboxylic acids is 3. The number of amides is 2. The van der Waals surface area contributed by atoms with Gasteiger partial charge >= 0.3 is 5.97 Å². The summed E-state index contributed by atoms with van der Waals surface area (Å²) in [5, 5.41) is 5.85. The number of halogens is 1. The number of ether oxygens (including phenoxy) is 1. The number of esters is 1. The van der Waals surface area contributed by atoms with Gasteiger partial charge in [-0.3, -0.25) is 9.59 Å². The van der Waals surface area contributed by atoms with Gasteiger partial charge in [0.15, 0.2) is 6.61 Å². The topological polar surface area (TPSA) is 97.4 Å². The van der Waals surface area contributed by atoms with Crippen LogP contribution < -0.4 is 10.6 Å². The largest absolute Gasteiger partial charge is 0.451 e. The SMILES string of the molecule is O=C(COC(=O)c1ccccn1)Nc1ccccc1C(=O)Nc1ccc(Cl)cc1. The molecule has 0 atom stereocenters. The number of aromatic nitrogens is 1. The van der Waals surface area contributed by atoms with E-state index in [1.165, 1.54) is 12.3 Å². The molecule has 2 amide bonds. The molecule has 0 spiro atoms. The van der Waals surface area contributed by atoms with E-state index in [2.05, 4.69) is 15.6 Å². The summed E-state index contributed by atoms with van der Waals surface area (Å²) in [4.78, 5) is 40.4. The number of pyridine rings is 1. The van der Waals surface area contributed by atoms with Gasteiger partial charge in [-0.1, -0.05) is 29.8 Å². The molecule has 146 valence electrons. The summed E-state index contributed by atoms with van der Waals surface area (Å²) in [6.45, 7) is -0.511. The molecule has 7 nitrogen and oxygen atoms in total. The van der Waals surface area contributed by atoms with Crippen molar-refractivity contribution in [2.45, 2.75) is 0 Å². The van der Waals surface area contributed by atoms with Gasteiger partial charge in [-0.15, -0.1) is 0 Å². The number of rotatable bonds is 6. The molecule has 0 fully saturated rings. The van der Waals surface area contributed by atoms with E-state index in [1.54, 1.807) is 60.7 Å². The fourth-order valence-electron chi connectivity index (χ4n) is 2.40. The van der Waals surface area contributed by atoms with Gasteiger partial charge in [0.2, 0.25) is 0 Å². The highest BCUT2D eigenvalue weighted by atomic mass is 35.5. The van der Waals surface area contributed by atoms with Gasteiger partial charge in [-0.25, -0.2) is 9.78 Å². The van der Waals surface area contributed by atoms with Crippen molar-refractivity contribution in [3.63, 3.8) is 0 Å². The predicted molar refractivity (Wildman–Crippen MR) is 109 cm³/mol. The van der Waals surface area contributed by atoms with Gasteiger partial charge in [0.25, 0.3) is 11.8 Å². The summed E-state index contributed by atoms with van der Waals surface area (Å²) in [6.07, 6.45) is 1.45. The summed E-state index contributed by atoms with van der Waals surface area (Å²) < 4.78 is 4.94. The summed E-state index contributed by atoms with van der Waals surface area (Å²) in [7, 11) is 0. The molecule has 0 radical (unpaired) electrons. The summed E-state index contributed by atoms with van der Waals surface area (Å²) in [5.74, 6) is -1.70. The van der Waals surface area contributed by atoms with Crippen LogP contribution in [0.25, 0.3) is 0 Å². The third-order valence-corrected chi connectivity index (χ3v) is 4.01. The zero-order valence-corrected chi connectivity index (χ0v) is 15.8. The normalized spacial score (nSPS) is 10.1. The Kier molecular flexibility index (Phi) is 6.55. The first kappa shape index (κ1) is 20.0. The van der Waals surface area contributed by atoms with Gasteiger partial charge in [0.1, 0.15) is 5.69 Å². The van der Waals surface area contributed by atoms with Crippen molar-refractivity contribution in [1.82, 2.24) is 4.98 Å². The molecule has 2 aromatic carbocycles. The average Bonchev–Trinajstić information content (AvgIpc) is 2.74. The second kappa shape index (κ2) is 9.48. The second-order valence-electron chi connectivity index (χ2n) is 5.85. The van der Waals surface area contributed by atoms with Crippen LogP contribution in [0.4, 0.5) is 11.4 Å². The average molecular weight is 410 g/mol. The van der Waals surface area contributed by atoms with E-state index in [9.17, 15) is 14.4 Å². The minimum absolute atomic E-state index is 0.100. The third kappa shape index (κ3) is 5.63. The number of hydrogen-bond donors (Lipinski definition) is 2. The van der Waals surface area contributed by atoms with Gasteiger partial charge in [-0.05, 0) is 48.5 Å². The predicted octanol–water partition coefficient (Wildman–Crippen LogP) is 3.78. The van der Waals surface area contributed by atoms with Gasteiger partial charge in [-0.2, -0.15) is 0 Å². The molecule has 0 bridgehead atoms. The van der Waals surface area contributed by atoms with Crippen molar-refractivity contribution in [1.29, 1.82) is 0 Å². The van der Waals surface area contributed by atoms with Crippen molar-refractivity contribution in [3.05, 3.63) is 89.2 Å². The minimum Gasteiger partial charge on any atom is -0.451 e. The van der Waals surface area contributed by atoms with Crippen LogP contribution in [0.2, 0.25) is 5.02 Å². The Labute approximate surface area is 171 Å². The fraction of sp³-hybridized carbons (Fsp3) is 0.0476. The molecule has 0 aliphatic rings. The second-order valence-corrected chi connectivity index (χ2v) is 6.28. The maximum absolute atomic E-state index is 12.6. The molecular weight excluding hydrogens is 394 g/mol. The zero-order valence-electron chi connectivity index (χ0n) is 15.1. The number of carbonyl (C=O) groups is 3. The number of benzene rings is 2. The van der Waals surface area contributed by atoms with Crippen LogP contribution in [0.15, 0.2) is 72.9 Å². The molecule has 3 aromatic rings. The van der Waals surface area contributed by atoms with Gasteiger partial charge in [0, 0.05) is 16.9 Å². The van der Waals surface area contributed by atoms with E-state index in [1.807, 2.05) is 0 Å². The van der Waals surface area contributed by atoms with E-state index in [-0.39, 0.29) is 16.9 Å². The lowest BCUT2D eigenvalue weighted by Crippen LogP contribution is -2.23. The number of nitrogens with zero attached hydrogens (tertiary/aromatic N) is 1. The molecule has 0 aliphatic carbocycles. The van der Waals surface area contributed by atoms with Crippen LogP contribution >= 0.6 is 11.6 Å². The molecular formula is C21H16ClN3O4. The maximum atomic E-state index is 12.6. The van der Waals surface area contributed by atoms with E-state index < -0.39 is 24.4 Å². The molecule has 29 heavy (non-hydrogen) atoms. The lowest BCUT2D eigenvalue weighted by molar-refractivity contribution is -0.119. The first-order chi connectivity index (χ1) is 14.0. The monoisotopic (exact) mass is 409 g/mol. The third-order valence-electron chi connectivity index (χ3n) is 3.76. The molecule has 0 unspecified atom stereocenters. The Morgan fingerprint density at radius 1 is 0.897 bits per heavy atom. The Morgan fingerprint density at radius 2 is 1.62 bits per heavy atom. The Morgan fingerprint density at radius 3 is 2.34 bits per heavy atom. The van der Waals surface area contributed by atoms with E-state index in [0.29, 0.717) is 10.7 Å². The van der Waals surface area contributed by atoms with Crippen molar-refractivity contribution < 1.29 is 19.1 Å². The number of hydrogen-bond acceptors (Lipinski definition) is 5. The van der Waals surface area contributed by atoms with Crippen LogP contribution in [0.1, 0.15) is 20.8 Å². The van der Waals surface area contributed by atoms with E-state index >= 15 is 0 Å². The minimum atomic E-state index is -0.713. The molecule has 1 heterocycles. The molecule has 0 saturated carbocycles. The van der Waals surface area contributed by atoms with Crippen molar-refractivity contribution in [2.24, 2.45) is 0 Å². The standard InChI is InChI=1S/C21H16ClN3O4/c22-14-8-10-15(11-9-14)24-20(27)16-5-1-2-6-17(16)25-19(26)13-29-21(28)18-7-3-4-12-23-18/h1-12H,13H2,(H,24,27)(H,25,26). The molecule has 0 saturated heterocycles. The Bertz CT molecular complexity index is 1020. The van der Waals surface area contributed by atoms with Crippen LogP contribution in [0.5, 0.6) is 0 Å². The highest BCUT2D eigenvalue weighted by molar-refractivity contribution is 6.30. The van der Waals surface area contributed by atoms with Crippen LogP contribution in [-0.4, -0.2) is 29.4 Å². The van der Waals surface area contributed by atoms with Crippen molar-refractivity contribution in [2.75, 3.05) is 17.2 Å². The molecule has 8 heteroatoms. The van der Waals surface area contributed by atoms with Crippen molar-refractivity contribution in [3.8, 4) is 0 Å².